The predicted octanol–water partition coefficient (Wildman–Crippen LogP) is 4.06. The van der Waals surface area contributed by atoms with Crippen molar-refractivity contribution in [1.29, 1.82) is 0 Å². The number of hydrogen-bond acceptors (Lipinski definition) is 5. The molecule has 142 valence electrons. The monoisotopic (exact) mass is 393 g/mol. The molecule has 4 rings (SSSR count). The van der Waals surface area contributed by atoms with Crippen LogP contribution in [0.2, 0.25) is 0 Å². The summed E-state index contributed by atoms with van der Waals surface area (Å²) < 4.78 is 7.42. The van der Waals surface area contributed by atoms with E-state index in [0.29, 0.717) is 22.3 Å². The summed E-state index contributed by atoms with van der Waals surface area (Å²) in [6, 6.07) is 9.26. The van der Waals surface area contributed by atoms with Crippen molar-refractivity contribution in [1.82, 2.24) is 14.5 Å². The average Bonchev–Trinajstić information content (AvgIpc) is 3.30. The summed E-state index contributed by atoms with van der Waals surface area (Å²) in [5, 5.41) is 1.34. The van der Waals surface area contributed by atoms with Crippen molar-refractivity contribution in [2.75, 3.05) is 0 Å². The number of carbonyl (C=O) groups excluding carboxylic acids is 1. The number of aromatic amines is 1. The van der Waals surface area contributed by atoms with Gasteiger partial charge < -0.3 is 14.3 Å². The second-order valence-electron chi connectivity index (χ2n) is 6.61. The van der Waals surface area contributed by atoms with E-state index in [1.807, 2.05) is 62.0 Å². The number of hydrogen-bond donors (Lipinski definition) is 1. The zero-order valence-electron chi connectivity index (χ0n) is 15.8. The van der Waals surface area contributed by atoms with Gasteiger partial charge in [-0.2, -0.15) is 0 Å². The molecule has 6 nitrogen and oxygen atoms in total. The number of esters is 1. The van der Waals surface area contributed by atoms with E-state index in [4.69, 9.17) is 4.74 Å². The van der Waals surface area contributed by atoms with Gasteiger partial charge in [-0.3, -0.25) is 4.79 Å². The molecule has 1 aromatic carbocycles. The molecule has 7 heteroatoms. The maximum atomic E-state index is 12.8. The van der Waals surface area contributed by atoms with Crippen LogP contribution in [0.3, 0.4) is 0 Å². The van der Waals surface area contributed by atoms with Crippen LogP contribution in [0, 0.1) is 20.8 Å². The minimum Gasteiger partial charge on any atom is -0.454 e. The molecule has 0 aliphatic carbocycles. The minimum absolute atomic E-state index is 0.0994. The van der Waals surface area contributed by atoms with E-state index in [0.717, 1.165) is 21.0 Å². The molecule has 0 aliphatic heterocycles. The second-order valence-corrected chi connectivity index (χ2v) is 7.82. The third-order valence-electron chi connectivity index (χ3n) is 4.74. The van der Waals surface area contributed by atoms with Crippen molar-refractivity contribution in [3.8, 4) is 5.00 Å². The topological polar surface area (TPSA) is 77.0 Å². The van der Waals surface area contributed by atoms with Crippen molar-refractivity contribution in [2.24, 2.45) is 0 Å². The Morgan fingerprint density at radius 1 is 1.18 bits per heavy atom. The lowest BCUT2D eigenvalue weighted by atomic mass is 10.1. The molecule has 0 fully saturated rings. The Morgan fingerprint density at radius 3 is 2.68 bits per heavy atom. The van der Waals surface area contributed by atoms with E-state index in [9.17, 15) is 9.59 Å². The van der Waals surface area contributed by atoms with Gasteiger partial charge in [0.05, 0.1) is 16.5 Å². The fraction of sp³-hybridized carbons (Fsp3) is 0.190. The molecule has 0 atom stereocenters. The summed E-state index contributed by atoms with van der Waals surface area (Å²) in [4.78, 5) is 33.4. The summed E-state index contributed by atoms with van der Waals surface area (Å²) in [5.74, 6) is -0.106. The molecule has 0 unspecified atom stereocenters. The number of ether oxygens (including phenoxy) is 1. The Hall–Kier alpha value is -3.19. The van der Waals surface area contributed by atoms with E-state index in [1.165, 1.54) is 0 Å². The Morgan fingerprint density at radius 2 is 1.93 bits per heavy atom. The lowest BCUT2D eigenvalue weighted by Gasteiger charge is -2.08. The number of carbonyl (C=O) groups is 1. The second kappa shape index (κ2) is 7.09. The van der Waals surface area contributed by atoms with E-state index >= 15 is 0 Å². The summed E-state index contributed by atoms with van der Waals surface area (Å²) in [6.07, 6.45) is 3.79. The van der Waals surface area contributed by atoms with Crippen LogP contribution >= 0.6 is 11.3 Å². The van der Waals surface area contributed by atoms with E-state index in [1.54, 1.807) is 17.4 Å². The number of nitrogens with one attached hydrogen (secondary N) is 1. The Balaban J connectivity index is 1.63. The number of aromatic nitrogens is 3. The fourth-order valence-corrected chi connectivity index (χ4v) is 4.24. The first kappa shape index (κ1) is 18.2. The largest absolute Gasteiger partial charge is 0.454 e. The first-order chi connectivity index (χ1) is 13.5. The molecule has 28 heavy (non-hydrogen) atoms. The Bertz CT molecular complexity index is 1240. The van der Waals surface area contributed by atoms with Crippen LogP contribution < -0.4 is 5.56 Å². The maximum absolute atomic E-state index is 12.8. The lowest BCUT2D eigenvalue weighted by Crippen LogP contribution is -2.15. The lowest BCUT2D eigenvalue weighted by molar-refractivity contribution is 0.0462. The SMILES string of the molecule is Cc1sc(-n2cccc2)c(C(=O)OCc2nc3c(C)cccc3c(=O)[nH]2)c1C. The number of H-pyrrole nitrogens is 1. The van der Waals surface area contributed by atoms with Crippen LogP contribution in [0.15, 0.2) is 47.5 Å². The highest BCUT2D eigenvalue weighted by molar-refractivity contribution is 7.15. The molecule has 1 N–H and O–H groups in total. The number of nitrogens with zero attached hydrogens (tertiary/aromatic N) is 2. The highest BCUT2D eigenvalue weighted by Crippen LogP contribution is 2.31. The standard InChI is InChI=1S/C21H19N3O3S/c1-12-7-6-8-15-18(12)22-16(23-19(15)25)11-27-21(26)17-13(2)14(3)28-20(17)24-9-4-5-10-24/h4-10H,11H2,1-3H3,(H,22,23,25). The van der Waals surface area contributed by atoms with Gasteiger partial charge in [0, 0.05) is 17.3 Å². The molecule has 4 aromatic rings. The predicted molar refractivity (Wildman–Crippen MR) is 109 cm³/mol. The van der Waals surface area contributed by atoms with Gasteiger partial charge in [0.15, 0.2) is 0 Å². The van der Waals surface area contributed by atoms with Crippen LogP contribution in [-0.2, 0) is 11.3 Å². The van der Waals surface area contributed by atoms with Crippen LogP contribution in [0.4, 0.5) is 0 Å². The fourth-order valence-electron chi connectivity index (χ4n) is 3.13. The summed E-state index contributed by atoms with van der Waals surface area (Å²) in [7, 11) is 0. The number of fused-ring (bicyclic) bond motifs is 1. The number of rotatable bonds is 4. The molecule has 0 spiro atoms. The Labute approximate surface area is 165 Å². The van der Waals surface area contributed by atoms with Crippen LogP contribution in [0.25, 0.3) is 15.9 Å². The smallest absolute Gasteiger partial charge is 0.341 e. The number of para-hydroxylation sites is 1. The highest BCUT2D eigenvalue weighted by atomic mass is 32.1. The van der Waals surface area contributed by atoms with Crippen molar-refractivity contribution in [2.45, 2.75) is 27.4 Å². The minimum atomic E-state index is -0.432. The summed E-state index contributed by atoms with van der Waals surface area (Å²) in [6.45, 7) is 5.69. The van der Waals surface area contributed by atoms with Gasteiger partial charge in [0.25, 0.3) is 5.56 Å². The molecule has 3 heterocycles. The van der Waals surface area contributed by atoms with Gasteiger partial charge in [-0.1, -0.05) is 12.1 Å². The summed E-state index contributed by atoms with van der Waals surface area (Å²) in [5.41, 5.74) is 2.71. The zero-order valence-corrected chi connectivity index (χ0v) is 16.6. The number of thiophene rings is 1. The van der Waals surface area contributed by atoms with Crippen LogP contribution in [-0.4, -0.2) is 20.5 Å². The molecule has 0 saturated carbocycles. The molecule has 0 aliphatic rings. The van der Waals surface area contributed by atoms with Crippen molar-refractivity contribution in [3.63, 3.8) is 0 Å². The van der Waals surface area contributed by atoms with E-state index < -0.39 is 5.97 Å². The van der Waals surface area contributed by atoms with Crippen molar-refractivity contribution >= 4 is 28.2 Å². The van der Waals surface area contributed by atoms with Crippen LogP contribution in [0.5, 0.6) is 0 Å². The molecule has 3 aromatic heterocycles. The molecule has 0 saturated heterocycles. The maximum Gasteiger partial charge on any atom is 0.341 e. The van der Waals surface area contributed by atoms with Gasteiger partial charge in [0.2, 0.25) is 0 Å². The van der Waals surface area contributed by atoms with E-state index in [2.05, 4.69) is 9.97 Å². The Kier molecular flexibility index (Phi) is 4.60. The van der Waals surface area contributed by atoms with Crippen LogP contribution in [0.1, 0.15) is 32.2 Å². The molecule has 0 bridgehead atoms. The first-order valence-electron chi connectivity index (χ1n) is 8.84. The van der Waals surface area contributed by atoms with Gasteiger partial charge in [-0.15, -0.1) is 11.3 Å². The quantitative estimate of drug-likeness (QED) is 0.531. The molecule has 0 radical (unpaired) electrons. The first-order valence-corrected chi connectivity index (χ1v) is 9.66. The highest BCUT2D eigenvalue weighted by Gasteiger charge is 2.22. The van der Waals surface area contributed by atoms with E-state index in [-0.39, 0.29) is 12.2 Å². The molecule has 0 amide bonds. The average molecular weight is 393 g/mol. The van der Waals surface area contributed by atoms with Crippen molar-refractivity contribution < 1.29 is 9.53 Å². The van der Waals surface area contributed by atoms with Gasteiger partial charge >= 0.3 is 5.97 Å². The molecular formula is C21H19N3O3S. The third kappa shape index (κ3) is 3.14. The summed E-state index contributed by atoms with van der Waals surface area (Å²) >= 11 is 1.54. The zero-order chi connectivity index (χ0) is 19.8. The van der Waals surface area contributed by atoms with Crippen molar-refractivity contribution in [3.05, 3.63) is 80.5 Å². The van der Waals surface area contributed by atoms with Gasteiger partial charge in [-0.25, -0.2) is 9.78 Å². The molecular weight excluding hydrogens is 374 g/mol. The normalized spacial score (nSPS) is 11.1. The number of benzene rings is 1. The third-order valence-corrected chi connectivity index (χ3v) is 5.96. The van der Waals surface area contributed by atoms with Gasteiger partial charge in [-0.05, 0) is 50.1 Å². The van der Waals surface area contributed by atoms with Gasteiger partial charge in [0.1, 0.15) is 17.4 Å². The number of aryl methyl sites for hydroxylation is 2.